The molecule has 0 saturated carbocycles. The largest absolute Gasteiger partial charge is 0.573 e. The Balaban J connectivity index is 1.76. The highest BCUT2D eigenvalue weighted by Gasteiger charge is 2.53. The molecule has 4 rings (SSSR count). The van der Waals surface area contributed by atoms with Crippen molar-refractivity contribution in [3.05, 3.63) is 77.4 Å². The maximum atomic E-state index is 13.6. The lowest BCUT2D eigenvalue weighted by atomic mass is 9.86. The van der Waals surface area contributed by atoms with Gasteiger partial charge in [-0.05, 0) is 49.1 Å². The van der Waals surface area contributed by atoms with Gasteiger partial charge in [-0.25, -0.2) is 0 Å². The predicted octanol–water partition coefficient (Wildman–Crippen LogP) is 5.44. The molecule has 1 aromatic heterocycles. The van der Waals surface area contributed by atoms with Crippen LogP contribution >= 0.6 is 0 Å². The number of carbonyl (C=O) groups excluding carboxylic acids is 3. The predicted molar refractivity (Wildman–Crippen MR) is 135 cm³/mol. The lowest BCUT2D eigenvalue weighted by molar-refractivity contribution is -0.274. The number of aromatic nitrogens is 2. The molecule has 2 aromatic carbocycles. The average Bonchev–Trinajstić information content (AvgIpc) is 3.13. The summed E-state index contributed by atoms with van der Waals surface area (Å²) in [6.07, 6.45) is -5.09. The number of alkyl halides is 3. The van der Waals surface area contributed by atoms with Crippen LogP contribution in [0.2, 0.25) is 0 Å². The van der Waals surface area contributed by atoms with Gasteiger partial charge in [-0.15, -0.1) is 23.4 Å². The third kappa shape index (κ3) is 6.08. The Morgan fingerprint density at radius 2 is 1.54 bits per heavy atom. The highest BCUT2D eigenvalue weighted by Crippen LogP contribution is 2.41. The van der Waals surface area contributed by atoms with Crippen LogP contribution in [-0.4, -0.2) is 40.1 Å². The van der Waals surface area contributed by atoms with E-state index >= 15 is 0 Å². The molecule has 11 heteroatoms. The first-order valence-electron chi connectivity index (χ1n) is 12.2. The summed E-state index contributed by atoms with van der Waals surface area (Å²) in [6.45, 7) is 7.58. The maximum Gasteiger partial charge on any atom is 0.573 e. The summed E-state index contributed by atoms with van der Waals surface area (Å²) in [6, 6.07) is 13.1. The second kappa shape index (κ2) is 10.8. The van der Waals surface area contributed by atoms with Crippen molar-refractivity contribution in [2.45, 2.75) is 52.1 Å². The van der Waals surface area contributed by atoms with E-state index in [1.165, 1.54) is 24.3 Å². The summed E-state index contributed by atoms with van der Waals surface area (Å²) >= 11 is 0. The zero-order valence-electron chi connectivity index (χ0n) is 21.6. The van der Waals surface area contributed by atoms with Crippen molar-refractivity contribution in [1.82, 2.24) is 10.2 Å². The minimum absolute atomic E-state index is 0.0180. The quantitative estimate of drug-likeness (QED) is 0.213. The van der Waals surface area contributed by atoms with Crippen LogP contribution in [0.1, 0.15) is 61.1 Å². The van der Waals surface area contributed by atoms with E-state index in [1.54, 1.807) is 38.1 Å². The molecule has 204 valence electrons. The molecule has 3 aromatic rings. The van der Waals surface area contributed by atoms with Gasteiger partial charge in [0, 0.05) is 11.6 Å². The molecule has 2 unspecified atom stereocenters. The first-order chi connectivity index (χ1) is 18.4. The van der Waals surface area contributed by atoms with Gasteiger partial charge in [0.1, 0.15) is 11.7 Å². The smallest absolute Gasteiger partial charge is 0.474 e. The van der Waals surface area contributed by atoms with Gasteiger partial charge < -0.3 is 9.47 Å². The van der Waals surface area contributed by atoms with Crippen LogP contribution in [0.4, 0.5) is 19.0 Å². The number of rotatable bonds is 8. The molecule has 0 aliphatic carbocycles. The van der Waals surface area contributed by atoms with Crippen LogP contribution in [0.3, 0.4) is 0 Å². The Bertz CT molecular complexity index is 1360. The van der Waals surface area contributed by atoms with E-state index < -0.39 is 41.5 Å². The Morgan fingerprint density at radius 3 is 2.05 bits per heavy atom. The molecule has 2 atom stereocenters. The van der Waals surface area contributed by atoms with Crippen LogP contribution in [0.15, 0.2) is 60.7 Å². The van der Waals surface area contributed by atoms with Crippen molar-refractivity contribution in [2.75, 3.05) is 4.90 Å². The Morgan fingerprint density at radius 1 is 0.897 bits per heavy atom. The van der Waals surface area contributed by atoms with Gasteiger partial charge >= 0.3 is 6.36 Å². The summed E-state index contributed by atoms with van der Waals surface area (Å²) in [4.78, 5) is 41.2. The van der Waals surface area contributed by atoms with Crippen molar-refractivity contribution >= 4 is 23.3 Å². The van der Waals surface area contributed by atoms with Crippen molar-refractivity contribution in [1.29, 1.82) is 0 Å². The molecule has 1 fully saturated rings. The fraction of sp³-hybridized carbons (Fsp3) is 0.321. The fourth-order valence-corrected chi connectivity index (χ4v) is 4.35. The monoisotopic (exact) mass is 541 g/mol. The SMILES string of the molecule is CC(C)Oc1ccc(N2C(=O)C(=O)C(C(=O)c3ccc(C(C)C)cc3)C2c2ccc(OC(F)(F)F)cc2)nn1. The van der Waals surface area contributed by atoms with Gasteiger partial charge in [-0.3, -0.25) is 19.3 Å². The molecule has 1 aliphatic rings. The van der Waals surface area contributed by atoms with Gasteiger partial charge in [0.2, 0.25) is 11.7 Å². The zero-order chi connectivity index (χ0) is 28.5. The fourth-order valence-electron chi connectivity index (χ4n) is 4.35. The van der Waals surface area contributed by atoms with Crippen LogP contribution in [0.5, 0.6) is 11.6 Å². The van der Waals surface area contributed by atoms with Crippen molar-refractivity contribution in [3.63, 3.8) is 0 Å². The van der Waals surface area contributed by atoms with Crippen LogP contribution in [0, 0.1) is 5.92 Å². The lowest BCUT2D eigenvalue weighted by Gasteiger charge is -2.26. The number of Topliss-reactive ketones (excluding diaryl/α,β-unsaturated/α-hetero) is 2. The molecule has 0 spiro atoms. The van der Waals surface area contributed by atoms with E-state index in [2.05, 4.69) is 14.9 Å². The van der Waals surface area contributed by atoms with Gasteiger partial charge in [0.15, 0.2) is 11.6 Å². The summed E-state index contributed by atoms with van der Waals surface area (Å²) in [7, 11) is 0. The number of ether oxygens (including phenoxy) is 2. The number of hydrogen-bond acceptors (Lipinski definition) is 7. The van der Waals surface area contributed by atoms with Crippen molar-refractivity contribution < 1.29 is 37.0 Å². The Kier molecular flexibility index (Phi) is 7.71. The number of amides is 1. The first-order valence-corrected chi connectivity index (χ1v) is 12.2. The van der Waals surface area contributed by atoms with Crippen LogP contribution in [0.25, 0.3) is 0 Å². The molecule has 0 radical (unpaired) electrons. The third-order valence-electron chi connectivity index (χ3n) is 6.13. The average molecular weight is 542 g/mol. The van der Waals surface area contributed by atoms with Crippen molar-refractivity contribution in [3.8, 4) is 11.6 Å². The summed E-state index contributed by atoms with van der Waals surface area (Å²) in [5.41, 5.74) is 1.45. The van der Waals surface area contributed by atoms with Crippen LogP contribution < -0.4 is 14.4 Å². The lowest BCUT2D eigenvalue weighted by Crippen LogP contribution is -2.31. The number of hydrogen-bond donors (Lipinski definition) is 0. The first kappa shape index (κ1) is 27.7. The Hall–Kier alpha value is -4.28. The number of halogens is 3. The molecule has 1 saturated heterocycles. The topological polar surface area (TPSA) is 98.7 Å². The molecule has 1 amide bonds. The molecule has 0 bridgehead atoms. The molecule has 8 nitrogen and oxygen atoms in total. The number of anilines is 1. The van der Waals surface area contributed by atoms with Gasteiger partial charge in [0.05, 0.1) is 12.1 Å². The molecule has 0 N–H and O–H groups in total. The number of benzene rings is 2. The molecular weight excluding hydrogens is 515 g/mol. The van der Waals surface area contributed by atoms with E-state index in [0.29, 0.717) is 0 Å². The second-order valence-electron chi connectivity index (χ2n) is 9.62. The number of carbonyl (C=O) groups is 3. The third-order valence-corrected chi connectivity index (χ3v) is 6.13. The molecular formula is C28H26F3N3O5. The van der Waals surface area contributed by atoms with Crippen molar-refractivity contribution in [2.24, 2.45) is 5.92 Å². The highest BCUT2D eigenvalue weighted by molar-refractivity contribution is 6.48. The summed E-state index contributed by atoms with van der Waals surface area (Å²) < 4.78 is 47.5. The van der Waals surface area contributed by atoms with E-state index in [4.69, 9.17) is 4.74 Å². The molecule has 2 heterocycles. The second-order valence-corrected chi connectivity index (χ2v) is 9.62. The van der Waals surface area contributed by atoms with E-state index in [9.17, 15) is 27.6 Å². The van der Waals surface area contributed by atoms with Gasteiger partial charge in [-0.2, -0.15) is 0 Å². The number of ketones is 2. The van der Waals surface area contributed by atoms with Gasteiger partial charge in [0.25, 0.3) is 5.91 Å². The minimum atomic E-state index is -4.90. The van der Waals surface area contributed by atoms with Gasteiger partial charge in [-0.1, -0.05) is 50.2 Å². The zero-order valence-corrected chi connectivity index (χ0v) is 21.6. The molecule has 1 aliphatic heterocycles. The minimum Gasteiger partial charge on any atom is -0.474 e. The Labute approximate surface area is 222 Å². The number of nitrogens with zero attached hydrogens (tertiary/aromatic N) is 3. The standard InChI is InChI=1S/C28H26F3N3O5/c1-15(2)17-5-7-19(8-6-17)25(35)23-24(18-9-11-20(12-10-18)39-28(29,30)31)34(27(37)26(23)36)21-13-14-22(33-32-21)38-16(3)4/h5-16,23-24H,1-4H3. The van der Waals surface area contributed by atoms with E-state index in [-0.39, 0.29) is 34.8 Å². The van der Waals surface area contributed by atoms with Crippen LogP contribution in [-0.2, 0) is 9.59 Å². The van der Waals surface area contributed by atoms with E-state index in [1.807, 2.05) is 13.8 Å². The van der Waals surface area contributed by atoms with E-state index in [0.717, 1.165) is 22.6 Å². The summed E-state index contributed by atoms with van der Waals surface area (Å²) in [5.74, 6) is -4.12. The highest BCUT2D eigenvalue weighted by atomic mass is 19.4. The molecule has 39 heavy (non-hydrogen) atoms. The summed E-state index contributed by atoms with van der Waals surface area (Å²) in [5, 5.41) is 7.98. The maximum absolute atomic E-state index is 13.6. The normalized spacial score (nSPS) is 17.7.